The molecule has 0 unspecified atom stereocenters. The lowest BCUT2D eigenvalue weighted by Gasteiger charge is -2.02. The minimum atomic E-state index is -0.0350. The Morgan fingerprint density at radius 1 is 0.909 bits per heavy atom. The molecular formula is C19H14ClNO. The third-order valence-electron chi connectivity index (χ3n) is 3.36. The average Bonchev–Trinajstić information content (AvgIpc) is 2.56. The molecule has 3 aromatic rings. The van der Waals surface area contributed by atoms with Crippen LogP contribution in [-0.4, -0.2) is 5.78 Å². The predicted molar refractivity (Wildman–Crippen MR) is 92.5 cm³/mol. The first kappa shape index (κ1) is 14.4. The summed E-state index contributed by atoms with van der Waals surface area (Å²) in [5.41, 5.74) is 1.56. The molecule has 0 aliphatic heterocycles. The zero-order chi connectivity index (χ0) is 15.4. The molecule has 2 nitrogen and oxygen atoms in total. The molecular weight excluding hydrogens is 294 g/mol. The average molecular weight is 308 g/mol. The van der Waals surface area contributed by atoms with Gasteiger partial charge in [-0.3, -0.25) is 4.79 Å². The van der Waals surface area contributed by atoms with Gasteiger partial charge < -0.3 is 5.32 Å². The standard InChI is InChI=1S/C19H14ClNO/c20-17-7-9-18(10-8-17)21-12-11-19(22)16-6-5-14-3-1-2-4-15(14)13-16/h1-13,21H. The maximum Gasteiger partial charge on any atom is 0.187 e. The molecule has 0 fully saturated rings. The van der Waals surface area contributed by atoms with Crippen LogP contribution in [-0.2, 0) is 0 Å². The Hall–Kier alpha value is -2.58. The van der Waals surface area contributed by atoms with E-state index in [1.54, 1.807) is 18.3 Å². The summed E-state index contributed by atoms with van der Waals surface area (Å²) in [5, 5.41) is 5.92. The summed E-state index contributed by atoms with van der Waals surface area (Å²) >= 11 is 5.82. The van der Waals surface area contributed by atoms with Crippen molar-refractivity contribution in [2.75, 3.05) is 5.32 Å². The summed E-state index contributed by atoms with van der Waals surface area (Å²) in [4.78, 5) is 12.2. The van der Waals surface area contributed by atoms with Crippen LogP contribution in [0.2, 0.25) is 5.02 Å². The molecule has 0 saturated carbocycles. The van der Waals surface area contributed by atoms with Crippen molar-refractivity contribution in [1.82, 2.24) is 0 Å². The molecule has 1 N–H and O–H groups in total. The van der Waals surface area contributed by atoms with E-state index in [1.807, 2.05) is 54.6 Å². The zero-order valence-corrected chi connectivity index (χ0v) is 12.5. The number of fused-ring (bicyclic) bond motifs is 1. The first-order chi connectivity index (χ1) is 10.7. The molecule has 0 aliphatic carbocycles. The first-order valence-corrected chi connectivity index (χ1v) is 7.32. The van der Waals surface area contributed by atoms with Crippen LogP contribution in [0.15, 0.2) is 79.0 Å². The third-order valence-corrected chi connectivity index (χ3v) is 3.61. The molecule has 0 bridgehead atoms. The summed E-state index contributed by atoms with van der Waals surface area (Å²) < 4.78 is 0. The molecule has 0 spiro atoms. The molecule has 0 heterocycles. The van der Waals surface area contributed by atoms with E-state index >= 15 is 0 Å². The Morgan fingerprint density at radius 3 is 2.41 bits per heavy atom. The molecule has 0 saturated heterocycles. The van der Waals surface area contributed by atoms with Gasteiger partial charge in [0.15, 0.2) is 5.78 Å². The van der Waals surface area contributed by atoms with Gasteiger partial charge in [0.1, 0.15) is 0 Å². The normalized spacial score (nSPS) is 11.0. The van der Waals surface area contributed by atoms with Crippen molar-refractivity contribution in [2.45, 2.75) is 0 Å². The van der Waals surface area contributed by atoms with Crippen molar-refractivity contribution in [1.29, 1.82) is 0 Å². The fourth-order valence-electron chi connectivity index (χ4n) is 2.20. The van der Waals surface area contributed by atoms with Gasteiger partial charge in [0.2, 0.25) is 0 Å². The zero-order valence-electron chi connectivity index (χ0n) is 11.8. The van der Waals surface area contributed by atoms with E-state index in [2.05, 4.69) is 5.32 Å². The molecule has 0 amide bonds. The number of carbonyl (C=O) groups is 1. The highest BCUT2D eigenvalue weighted by atomic mass is 35.5. The molecule has 108 valence electrons. The van der Waals surface area contributed by atoms with Crippen molar-refractivity contribution >= 4 is 33.8 Å². The Bertz CT molecular complexity index is 837. The highest BCUT2D eigenvalue weighted by molar-refractivity contribution is 6.30. The number of hydrogen-bond acceptors (Lipinski definition) is 2. The van der Waals surface area contributed by atoms with Crippen LogP contribution in [0.4, 0.5) is 5.69 Å². The van der Waals surface area contributed by atoms with Gasteiger partial charge in [0, 0.05) is 28.5 Å². The van der Waals surface area contributed by atoms with E-state index in [1.165, 1.54) is 6.08 Å². The van der Waals surface area contributed by atoms with E-state index in [0.717, 1.165) is 16.5 Å². The van der Waals surface area contributed by atoms with E-state index in [-0.39, 0.29) is 5.78 Å². The van der Waals surface area contributed by atoms with Gasteiger partial charge in [-0.2, -0.15) is 0 Å². The lowest BCUT2D eigenvalue weighted by molar-refractivity contribution is 0.104. The number of carbonyl (C=O) groups excluding carboxylic acids is 1. The Labute approximate surface area is 134 Å². The van der Waals surface area contributed by atoms with Gasteiger partial charge >= 0.3 is 0 Å². The van der Waals surface area contributed by atoms with Gasteiger partial charge in [-0.15, -0.1) is 0 Å². The first-order valence-electron chi connectivity index (χ1n) is 6.94. The number of allylic oxidation sites excluding steroid dienone is 1. The van der Waals surface area contributed by atoms with Crippen LogP contribution in [0.1, 0.15) is 10.4 Å². The second kappa shape index (κ2) is 6.46. The minimum Gasteiger partial charge on any atom is -0.362 e. The number of anilines is 1. The fraction of sp³-hybridized carbons (Fsp3) is 0. The number of benzene rings is 3. The Morgan fingerprint density at radius 2 is 1.64 bits per heavy atom. The van der Waals surface area contributed by atoms with Crippen LogP contribution in [0.25, 0.3) is 10.8 Å². The van der Waals surface area contributed by atoms with E-state index in [4.69, 9.17) is 11.6 Å². The fourth-order valence-corrected chi connectivity index (χ4v) is 2.32. The molecule has 3 aromatic carbocycles. The summed E-state index contributed by atoms with van der Waals surface area (Å²) in [7, 11) is 0. The summed E-state index contributed by atoms with van der Waals surface area (Å²) in [6.07, 6.45) is 3.17. The molecule has 22 heavy (non-hydrogen) atoms. The molecule has 3 rings (SSSR count). The molecule has 0 aliphatic rings. The number of rotatable bonds is 4. The van der Waals surface area contributed by atoms with Crippen LogP contribution in [0, 0.1) is 0 Å². The molecule has 0 atom stereocenters. The summed E-state index contributed by atoms with van der Waals surface area (Å²) in [6.45, 7) is 0. The molecule has 3 heteroatoms. The van der Waals surface area contributed by atoms with Crippen LogP contribution in [0.5, 0.6) is 0 Å². The lowest BCUT2D eigenvalue weighted by atomic mass is 10.0. The lowest BCUT2D eigenvalue weighted by Crippen LogP contribution is -1.96. The maximum atomic E-state index is 12.2. The smallest absolute Gasteiger partial charge is 0.187 e. The largest absolute Gasteiger partial charge is 0.362 e. The maximum absolute atomic E-state index is 12.2. The SMILES string of the molecule is O=C(C=CNc1ccc(Cl)cc1)c1ccc2ccccc2c1. The van der Waals surface area contributed by atoms with Gasteiger partial charge in [-0.05, 0) is 41.1 Å². The van der Waals surface area contributed by atoms with E-state index in [9.17, 15) is 4.79 Å². The number of nitrogens with one attached hydrogen (secondary N) is 1. The molecule has 0 aromatic heterocycles. The van der Waals surface area contributed by atoms with Crippen molar-refractivity contribution in [2.24, 2.45) is 0 Å². The van der Waals surface area contributed by atoms with Crippen LogP contribution < -0.4 is 5.32 Å². The second-order valence-electron chi connectivity index (χ2n) is 4.91. The van der Waals surface area contributed by atoms with E-state index < -0.39 is 0 Å². The third kappa shape index (κ3) is 3.35. The summed E-state index contributed by atoms with van der Waals surface area (Å²) in [5.74, 6) is -0.0350. The number of hydrogen-bond donors (Lipinski definition) is 1. The van der Waals surface area contributed by atoms with E-state index in [0.29, 0.717) is 10.6 Å². The van der Waals surface area contributed by atoms with Gasteiger partial charge in [-0.25, -0.2) is 0 Å². The molecule has 0 radical (unpaired) electrons. The monoisotopic (exact) mass is 307 g/mol. The highest BCUT2D eigenvalue weighted by Gasteiger charge is 2.02. The second-order valence-corrected chi connectivity index (χ2v) is 5.35. The predicted octanol–water partition coefficient (Wildman–Crippen LogP) is 5.30. The van der Waals surface area contributed by atoms with Crippen molar-refractivity contribution in [3.63, 3.8) is 0 Å². The van der Waals surface area contributed by atoms with Crippen LogP contribution >= 0.6 is 11.6 Å². The van der Waals surface area contributed by atoms with Crippen molar-refractivity contribution in [3.05, 3.63) is 89.6 Å². The quantitative estimate of drug-likeness (QED) is 0.523. The van der Waals surface area contributed by atoms with Crippen molar-refractivity contribution in [3.8, 4) is 0 Å². The van der Waals surface area contributed by atoms with Crippen LogP contribution in [0.3, 0.4) is 0 Å². The summed E-state index contributed by atoms with van der Waals surface area (Å²) in [6, 6.07) is 21.0. The number of ketones is 1. The van der Waals surface area contributed by atoms with Gasteiger partial charge in [-0.1, -0.05) is 48.0 Å². The van der Waals surface area contributed by atoms with Gasteiger partial charge in [0.25, 0.3) is 0 Å². The Kier molecular flexibility index (Phi) is 4.22. The topological polar surface area (TPSA) is 29.1 Å². The van der Waals surface area contributed by atoms with Crippen molar-refractivity contribution < 1.29 is 4.79 Å². The highest BCUT2D eigenvalue weighted by Crippen LogP contribution is 2.16. The van der Waals surface area contributed by atoms with Gasteiger partial charge in [0.05, 0.1) is 0 Å². The minimum absolute atomic E-state index is 0.0350. The Balaban J connectivity index is 1.72. The number of halogens is 1.